The number of ether oxygens (including phenoxy) is 3. The second kappa shape index (κ2) is 11.5. The molecule has 0 saturated carbocycles. The van der Waals surface area contributed by atoms with E-state index in [1.54, 1.807) is 7.11 Å². The molecule has 1 saturated heterocycles. The number of hydrogen-bond acceptors (Lipinski definition) is 5. The second-order valence-electron chi connectivity index (χ2n) is 7.78. The first kappa shape index (κ1) is 22.9. The molecule has 2 N–H and O–H groups in total. The van der Waals surface area contributed by atoms with Gasteiger partial charge in [-0.1, -0.05) is 18.2 Å². The number of likely N-dealkylation sites (tertiary alicyclic amines) is 1. The van der Waals surface area contributed by atoms with Crippen LogP contribution in [0.2, 0.25) is 0 Å². The van der Waals surface area contributed by atoms with Gasteiger partial charge in [-0.25, -0.2) is 0 Å². The van der Waals surface area contributed by atoms with Gasteiger partial charge in [-0.2, -0.15) is 0 Å². The number of para-hydroxylation sites is 1. The Morgan fingerprint density at radius 1 is 0.848 bits per heavy atom. The fraction of sp³-hybridized carbons (Fsp3) is 0.269. The van der Waals surface area contributed by atoms with Crippen LogP contribution in [0.15, 0.2) is 72.8 Å². The average Bonchev–Trinajstić information content (AvgIpc) is 3.35. The van der Waals surface area contributed by atoms with Gasteiger partial charge < -0.3 is 24.8 Å². The fourth-order valence-electron chi connectivity index (χ4n) is 3.68. The van der Waals surface area contributed by atoms with Crippen LogP contribution in [-0.2, 0) is 0 Å². The Morgan fingerprint density at radius 3 is 2.24 bits per heavy atom. The van der Waals surface area contributed by atoms with Gasteiger partial charge in [0.15, 0.2) is 16.6 Å². The Morgan fingerprint density at radius 2 is 1.52 bits per heavy atom. The quantitative estimate of drug-likeness (QED) is 0.391. The number of hydrogen-bond donors (Lipinski definition) is 2. The normalized spacial score (nSPS) is 13.4. The lowest BCUT2D eigenvalue weighted by Crippen LogP contribution is -2.25. The molecule has 0 bridgehead atoms. The molecule has 1 heterocycles. The van der Waals surface area contributed by atoms with E-state index in [1.807, 2.05) is 72.8 Å². The standard InChI is InChI=1S/C26H29N3O3S/c1-30-25-19-21(11-14-24(25)31-18-17-29-15-5-6-16-29)28-26(33)27-20-9-12-23(13-10-20)32-22-7-3-2-4-8-22/h2-4,7-14,19H,5-6,15-18H2,1H3,(H2,27,28,33). The van der Waals surface area contributed by atoms with E-state index in [0.29, 0.717) is 17.5 Å². The predicted molar refractivity (Wildman–Crippen MR) is 137 cm³/mol. The molecule has 0 amide bonds. The Kier molecular flexibility index (Phi) is 8.00. The highest BCUT2D eigenvalue weighted by Crippen LogP contribution is 2.30. The third kappa shape index (κ3) is 6.84. The first-order valence-corrected chi connectivity index (χ1v) is 11.5. The van der Waals surface area contributed by atoms with Crippen molar-refractivity contribution in [2.24, 2.45) is 0 Å². The molecule has 7 heteroatoms. The maximum atomic E-state index is 5.94. The van der Waals surface area contributed by atoms with Gasteiger partial charge in [-0.15, -0.1) is 0 Å². The van der Waals surface area contributed by atoms with Crippen LogP contribution in [0.25, 0.3) is 0 Å². The third-order valence-electron chi connectivity index (χ3n) is 5.38. The molecule has 0 unspecified atom stereocenters. The molecule has 0 spiro atoms. The molecule has 0 radical (unpaired) electrons. The molecule has 1 aliphatic heterocycles. The largest absolute Gasteiger partial charge is 0.493 e. The molecule has 4 rings (SSSR count). The number of anilines is 2. The van der Waals surface area contributed by atoms with Crippen LogP contribution < -0.4 is 24.8 Å². The molecule has 1 fully saturated rings. The molecule has 0 aromatic heterocycles. The van der Waals surface area contributed by atoms with Gasteiger partial charge in [0.1, 0.15) is 18.1 Å². The van der Waals surface area contributed by atoms with Crippen LogP contribution in [0, 0.1) is 0 Å². The minimum atomic E-state index is 0.483. The zero-order valence-electron chi connectivity index (χ0n) is 18.8. The molecule has 33 heavy (non-hydrogen) atoms. The topological polar surface area (TPSA) is 55.0 Å². The van der Waals surface area contributed by atoms with E-state index < -0.39 is 0 Å². The first-order chi connectivity index (χ1) is 16.2. The van der Waals surface area contributed by atoms with Crippen molar-refractivity contribution < 1.29 is 14.2 Å². The molecule has 0 atom stereocenters. The fourth-order valence-corrected chi connectivity index (χ4v) is 3.92. The zero-order chi connectivity index (χ0) is 22.9. The van der Waals surface area contributed by atoms with Crippen LogP contribution in [0.4, 0.5) is 11.4 Å². The maximum Gasteiger partial charge on any atom is 0.175 e. The van der Waals surface area contributed by atoms with Crippen LogP contribution in [-0.4, -0.2) is 43.4 Å². The summed E-state index contributed by atoms with van der Waals surface area (Å²) >= 11 is 5.47. The number of benzene rings is 3. The first-order valence-electron chi connectivity index (χ1n) is 11.1. The Labute approximate surface area is 200 Å². The molecule has 0 aliphatic carbocycles. The monoisotopic (exact) mass is 463 g/mol. The maximum absolute atomic E-state index is 5.94. The van der Waals surface area contributed by atoms with Crippen molar-refractivity contribution in [2.45, 2.75) is 12.8 Å². The van der Waals surface area contributed by atoms with E-state index >= 15 is 0 Å². The van der Waals surface area contributed by atoms with Crippen LogP contribution in [0.5, 0.6) is 23.0 Å². The van der Waals surface area contributed by atoms with Gasteiger partial charge in [-0.05, 0) is 86.7 Å². The Bertz CT molecular complexity index is 1040. The van der Waals surface area contributed by atoms with Crippen LogP contribution >= 0.6 is 12.2 Å². The van der Waals surface area contributed by atoms with E-state index in [4.69, 9.17) is 26.4 Å². The number of nitrogens with zero attached hydrogens (tertiary/aromatic N) is 1. The van der Waals surface area contributed by atoms with E-state index in [1.165, 1.54) is 12.8 Å². The van der Waals surface area contributed by atoms with Crippen molar-refractivity contribution in [1.29, 1.82) is 0 Å². The highest BCUT2D eigenvalue weighted by Gasteiger charge is 2.12. The van der Waals surface area contributed by atoms with Crippen molar-refractivity contribution in [2.75, 3.05) is 44.0 Å². The van der Waals surface area contributed by atoms with Crippen molar-refractivity contribution in [3.05, 3.63) is 72.8 Å². The summed E-state index contributed by atoms with van der Waals surface area (Å²) in [5.74, 6) is 2.96. The Hall–Kier alpha value is -3.29. The van der Waals surface area contributed by atoms with Crippen LogP contribution in [0.3, 0.4) is 0 Å². The highest BCUT2D eigenvalue weighted by molar-refractivity contribution is 7.80. The smallest absolute Gasteiger partial charge is 0.175 e. The average molecular weight is 464 g/mol. The summed E-state index contributed by atoms with van der Waals surface area (Å²) in [6, 6.07) is 23.0. The summed E-state index contributed by atoms with van der Waals surface area (Å²) in [5.41, 5.74) is 1.68. The molecular weight excluding hydrogens is 434 g/mol. The molecule has 3 aromatic carbocycles. The van der Waals surface area contributed by atoms with Gasteiger partial charge in [-0.3, -0.25) is 4.90 Å². The van der Waals surface area contributed by atoms with Crippen molar-refractivity contribution in [1.82, 2.24) is 4.90 Å². The van der Waals surface area contributed by atoms with Crippen molar-refractivity contribution >= 4 is 28.7 Å². The SMILES string of the molecule is COc1cc(NC(=S)Nc2ccc(Oc3ccccc3)cc2)ccc1OCCN1CCCC1. The summed E-state index contributed by atoms with van der Waals surface area (Å²) in [4.78, 5) is 2.42. The Balaban J connectivity index is 1.28. The minimum absolute atomic E-state index is 0.483. The summed E-state index contributed by atoms with van der Waals surface area (Å²) in [6.45, 7) is 3.91. The van der Waals surface area contributed by atoms with Gasteiger partial charge in [0.2, 0.25) is 0 Å². The van der Waals surface area contributed by atoms with Gasteiger partial charge in [0.05, 0.1) is 7.11 Å². The number of thiocarbonyl (C=S) groups is 1. The minimum Gasteiger partial charge on any atom is -0.493 e. The lowest BCUT2D eigenvalue weighted by molar-refractivity contribution is 0.230. The lowest BCUT2D eigenvalue weighted by atomic mass is 10.2. The van der Waals surface area contributed by atoms with Gasteiger partial charge in [0.25, 0.3) is 0 Å². The highest BCUT2D eigenvalue weighted by atomic mass is 32.1. The summed E-state index contributed by atoms with van der Waals surface area (Å²) < 4.78 is 17.3. The molecular formula is C26H29N3O3S. The predicted octanol–water partition coefficient (Wildman–Crippen LogP) is 5.77. The third-order valence-corrected chi connectivity index (χ3v) is 5.58. The second-order valence-corrected chi connectivity index (χ2v) is 8.19. The van der Waals surface area contributed by atoms with Crippen molar-refractivity contribution in [3.8, 4) is 23.0 Å². The molecule has 172 valence electrons. The number of nitrogens with one attached hydrogen (secondary N) is 2. The van der Waals surface area contributed by atoms with Gasteiger partial charge >= 0.3 is 0 Å². The van der Waals surface area contributed by atoms with Crippen molar-refractivity contribution in [3.63, 3.8) is 0 Å². The zero-order valence-corrected chi connectivity index (χ0v) is 19.6. The van der Waals surface area contributed by atoms with E-state index in [9.17, 15) is 0 Å². The summed E-state index contributed by atoms with van der Waals surface area (Å²) in [6.07, 6.45) is 2.56. The van der Waals surface area contributed by atoms with E-state index in [-0.39, 0.29) is 0 Å². The summed E-state index contributed by atoms with van der Waals surface area (Å²) in [5, 5.41) is 6.86. The molecule has 3 aromatic rings. The number of methoxy groups -OCH3 is 1. The lowest BCUT2D eigenvalue weighted by Gasteiger charge is -2.17. The van der Waals surface area contributed by atoms with E-state index in [2.05, 4.69) is 15.5 Å². The van der Waals surface area contributed by atoms with Crippen LogP contribution in [0.1, 0.15) is 12.8 Å². The van der Waals surface area contributed by atoms with Gasteiger partial charge in [0, 0.05) is 24.0 Å². The molecule has 1 aliphatic rings. The van der Waals surface area contributed by atoms with E-state index in [0.717, 1.165) is 48.3 Å². The number of rotatable bonds is 9. The molecule has 6 nitrogen and oxygen atoms in total. The summed E-state index contributed by atoms with van der Waals surface area (Å²) in [7, 11) is 1.64.